The summed E-state index contributed by atoms with van der Waals surface area (Å²) in [5.41, 5.74) is 0. The lowest BCUT2D eigenvalue weighted by atomic mass is 10.5. The van der Waals surface area contributed by atoms with E-state index in [1.165, 1.54) is 0 Å². The Labute approximate surface area is 95.2 Å². The largest absolute Gasteiger partial charge is 0.383 e. The average Bonchev–Trinajstić information content (AvgIpc) is 2.24. The molecule has 4 unspecified atom stereocenters. The standard InChI is InChI=1S/C8H20O6P2/c1-3-7(9)15(11,12)5-6-16(13,14)8(10)4-2/h7-10H,3-6H2,1-2H3,(H,11,12)(H,13,14). The molecule has 0 aliphatic carbocycles. The van der Waals surface area contributed by atoms with Gasteiger partial charge >= 0.3 is 0 Å². The van der Waals surface area contributed by atoms with Crippen LogP contribution in [-0.4, -0.2) is 44.0 Å². The summed E-state index contributed by atoms with van der Waals surface area (Å²) >= 11 is 0. The second kappa shape index (κ2) is 6.29. The van der Waals surface area contributed by atoms with Gasteiger partial charge < -0.3 is 20.0 Å². The fourth-order valence-corrected chi connectivity index (χ4v) is 5.18. The first-order valence-corrected chi connectivity index (χ1v) is 8.99. The number of rotatable bonds is 7. The normalized spacial score (nSPS) is 23.1. The minimum Gasteiger partial charge on any atom is -0.383 e. The van der Waals surface area contributed by atoms with Crippen LogP contribution in [-0.2, 0) is 9.13 Å². The zero-order valence-electron chi connectivity index (χ0n) is 9.48. The van der Waals surface area contributed by atoms with Gasteiger partial charge in [-0.1, -0.05) is 13.8 Å². The summed E-state index contributed by atoms with van der Waals surface area (Å²) in [6.45, 7) is 3.10. The first kappa shape index (κ1) is 16.3. The Kier molecular flexibility index (Phi) is 6.41. The number of aliphatic hydroxyl groups excluding tert-OH is 2. The highest BCUT2D eigenvalue weighted by Crippen LogP contribution is 2.53. The maximum absolute atomic E-state index is 11.5. The highest BCUT2D eigenvalue weighted by molar-refractivity contribution is 7.62. The maximum atomic E-state index is 11.5. The third-order valence-corrected chi connectivity index (χ3v) is 7.08. The second-order valence-electron chi connectivity index (χ2n) is 3.74. The molecule has 0 saturated carbocycles. The third kappa shape index (κ3) is 4.66. The van der Waals surface area contributed by atoms with Crippen LogP contribution < -0.4 is 0 Å². The van der Waals surface area contributed by atoms with Crippen LogP contribution >= 0.6 is 14.7 Å². The summed E-state index contributed by atoms with van der Waals surface area (Å²) in [6, 6.07) is 0. The molecule has 0 aromatic carbocycles. The van der Waals surface area contributed by atoms with Crippen molar-refractivity contribution >= 4 is 14.7 Å². The summed E-state index contributed by atoms with van der Waals surface area (Å²) in [7, 11) is -7.64. The fourth-order valence-electron chi connectivity index (χ4n) is 1.16. The second-order valence-corrected chi connectivity index (χ2v) is 8.85. The first-order valence-electron chi connectivity index (χ1n) is 5.16. The summed E-state index contributed by atoms with van der Waals surface area (Å²) in [4.78, 5) is 18.8. The predicted molar refractivity (Wildman–Crippen MR) is 62.0 cm³/mol. The van der Waals surface area contributed by atoms with Gasteiger partial charge in [0.05, 0.1) is 0 Å². The molecule has 98 valence electrons. The van der Waals surface area contributed by atoms with Gasteiger partial charge in [0.2, 0.25) is 14.7 Å². The topological polar surface area (TPSA) is 115 Å². The summed E-state index contributed by atoms with van der Waals surface area (Å²) < 4.78 is 23.0. The Morgan fingerprint density at radius 3 is 1.31 bits per heavy atom. The Morgan fingerprint density at radius 1 is 0.875 bits per heavy atom. The lowest BCUT2D eigenvalue weighted by molar-refractivity contribution is 0.223. The zero-order chi connectivity index (χ0) is 13.0. The molecule has 0 spiro atoms. The molecule has 0 rings (SSSR count). The molecule has 8 heteroatoms. The Balaban J connectivity index is 4.45. The quantitative estimate of drug-likeness (QED) is 0.514. The Hall–Kier alpha value is 0.300. The summed E-state index contributed by atoms with van der Waals surface area (Å²) in [5.74, 6) is -2.74. The number of hydrogen-bond donors (Lipinski definition) is 4. The molecule has 6 nitrogen and oxygen atoms in total. The van der Waals surface area contributed by atoms with E-state index >= 15 is 0 Å². The molecule has 0 saturated heterocycles. The Bertz CT molecular complexity index is 275. The molecule has 4 atom stereocenters. The smallest absolute Gasteiger partial charge is 0.228 e. The summed E-state index contributed by atoms with van der Waals surface area (Å²) in [5, 5.41) is 18.5. The number of aliphatic hydroxyl groups is 2. The molecule has 16 heavy (non-hydrogen) atoms. The van der Waals surface area contributed by atoms with E-state index in [9.17, 15) is 29.1 Å². The molecule has 0 aromatic heterocycles. The van der Waals surface area contributed by atoms with Crippen molar-refractivity contribution in [2.75, 3.05) is 12.3 Å². The van der Waals surface area contributed by atoms with Gasteiger partial charge in [-0.3, -0.25) is 9.13 Å². The van der Waals surface area contributed by atoms with Crippen molar-refractivity contribution in [2.45, 2.75) is 38.4 Å². The molecule has 0 aromatic rings. The van der Waals surface area contributed by atoms with Crippen LogP contribution in [0.1, 0.15) is 26.7 Å². The lowest BCUT2D eigenvalue weighted by Crippen LogP contribution is -2.14. The zero-order valence-corrected chi connectivity index (χ0v) is 11.3. The van der Waals surface area contributed by atoms with E-state index in [1.54, 1.807) is 13.8 Å². The van der Waals surface area contributed by atoms with Crippen molar-refractivity contribution in [3.63, 3.8) is 0 Å². The predicted octanol–water partition coefficient (Wildman–Crippen LogP) is 0.984. The molecule has 4 N–H and O–H groups in total. The SMILES string of the molecule is CCC(O)P(=O)(O)CCP(=O)(O)C(O)CC. The summed E-state index contributed by atoms with van der Waals surface area (Å²) in [6.07, 6.45) is -0.681. The molecule has 0 amide bonds. The lowest BCUT2D eigenvalue weighted by Gasteiger charge is -2.20. The van der Waals surface area contributed by atoms with Crippen LogP contribution in [0.25, 0.3) is 0 Å². The molecule has 0 radical (unpaired) electrons. The van der Waals surface area contributed by atoms with Gasteiger partial charge in [0.25, 0.3) is 0 Å². The molecule has 0 aliphatic heterocycles. The molecule has 0 bridgehead atoms. The fraction of sp³-hybridized carbons (Fsp3) is 1.00. The van der Waals surface area contributed by atoms with Gasteiger partial charge in [0.15, 0.2) is 0 Å². The van der Waals surface area contributed by atoms with Crippen LogP contribution in [0.4, 0.5) is 0 Å². The van der Waals surface area contributed by atoms with Crippen molar-refractivity contribution in [1.29, 1.82) is 0 Å². The Morgan fingerprint density at radius 2 is 1.12 bits per heavy atom. The van der Waals surface area contributed by atoms with Crippen LogP contribution in [0.2, 0.25) is 0 Å². The van der Waals surface area contributed by atoms with Crippen LogP contribution in [0.15, 0.2) is 0 Å². The monoisotopic (exact) mass is 274 g/mol. The van der Waals surface area contributed by atoms with E-state index in [0.29, 0.717) is 0 Å². The van der Waals surface area contributed by atoms with Crippen LogP contribution in [0.5, 0.6) is 0 Å². The highest BCUT2D eigenvalue weighted by Gasteiger charge is 2.34. The van der Waals surface area contributed by atoms with E-state index in [-0.39, 0.29) is 12.8 Å². The van der Waals surface area contributed by atoms with Crippen LogP contribution in [0, 0.1) is 0 Å². The molecular formula is C8H20O6P2. The van der Waals surface area contributed by atoms with E-state index in [0.717, 1.165) is 0 Å². The van der Waals surface area contributed by atoms with Gasteiger partial charge in [-0.25, -0.2) is 0 Å². The highest BCUT2D eigenvalue weighted by atomic mass is 31.2. The van der Waals surface area contributed by atoms with Crippen molar-refractivity contribution in [1.82, 2.24) is 0 Å². The van der Waals surface area contributed by atoms with E-state index in [1.807, 2.05) is 0 Å². The van der Waals surface area contributed by atoms with E-state index in [2.05, 4.69) is 0 Å². The average molecular weight is 274 g/mol. The van der Waals surface area contributed by atoms with Gasteiger partial charge in [0, 0.05) is 12.3 Å². The molecule has 0 aliphatic rings. The van der Waals surface area contributed by atoms with E-state index < -0.39 is 38.8 Å². The molecule has 0 fully saturated rings. The molecule has 0 heterocycles. The minimum atomic E-state index is -3.82. The van der Waals surface area contributed by atoms with E-state index in [4.69, 9.17) is 0 Å². The van der Waals surface area contributed by atoms with Crippen molar-refractivity contribution in [2.24, 2.45) is 0 Å². The van der Waals surface area contributed by atoms with Crippen molar-refractivity contribution in [3.8, 4) is 0 Å². The van der Waals surface area contributed by atoms with Crippen molar-refractivity contribution < 1.29 is 29.1 Å². The maximum Gasteiger partial charge on any atom is 0.228 e. The first-order chi connectivity index (χ1) is 7.17. The van der Waals surface area contributed by atoms with Gasteiger partial charge in [-0.05, 0) is 12.8 Å². The van der Waals surface area contributed by atoms with Crippen molar-refractivity contribution in [3.05, 3.63) is 0 Å². The minimum absolute atomic E-state index is 0.111. The third-order valence-electron chi connectivity index (χ3n) is 2.40. The van der Waals surface area contributed by atoms with Gasteiger partial charge in [-0.2, -0.15) is 0 Å². The molecular weight excluding hydrogens is 254 g/mol. The van der Waals surface area contributed by atoms with Gasteiger partial charge in [0.1, 0.15) is 11.7 Å². The van der Waals surface area contributed by atoms with Gasteiger partial charge in [-0.15, -0.1) is 0 Å². The number of hydrogen-bond acceptors (Lipinski definition) is 4. The van der Waals surface area contributed by atoms with Crippen LogP contribution in [0.3, 0.4) is 0 Å².